The molecule has 0 unspecified atom stereocenters. The molecule has 0 spiro atoms. The van der Waals surface area contributed by atoms with Crippen molar-refractivity contribution in [2.75, 3.05) is 7.11 Å². The maximum atomic E-state index is 12.5. The number of methoxy groups -OCH3 is 1. The molecule has 2 heterocycles. The van der Waals surface area contributed by atoms with Crippen LogP contribution in [-0.2, 0) is 0 Å². The third kappa shape index (κ3) is 3.67. The van der Waals surface area contributed by atoms with Gasteiger partial charge in [0.1, 0.15) is 17.1 Å². The van der Waals surface area contributed by atoms with Crippen molar-refractivity contribution >= 4 is 43.8 Å². The van der Waals surface area contributed by atoms with E-state index in [9.17, 15) is 9.59 Å². The summed E-state index contributed by atoms with van der Waals surface area (Å²) in [6, 6.07) is 20.4. The fourth-order valence-electron chi connectivity index (χ4n) is 3.49. The van der Waals surface area contributed by atoms with Crippen LogP contribution in [0.2, 0.25) is 0 Å². The number of fused-ring (bicyclic) bond motifs is 2. The normalized spacial score (nSPS) is 11.1. The highest BCUT2D eigenvalue weighted by Crippen LogP contribution is 2.36. The Balaban J connectivity index is 1.59. The molecular formula is C25H15BrO6. The third-order valence-electron chi connectivity index (χ3n) is 5.00. The average molecular weight is 491 g/mol. The van der Waals surface area contributed by atoms with Gasteiger partial charge in [-0.3, -0.25) is 0 Å². The van der Waals surface area contributed by atoms with E-state index in [2.05, 4.69) is 15.9 Å². The van der Waals surface area contributed by atoms with Gasteiger partial charge in [-0.1, -0.05) is 28.1 Å². The number of esters is 1. The second kappa shape index (κ2) is 8.01. The predicted molar refractivity (Wildman–Crippen MR) is 123 cm³/mol. The monoisotopic (exact) mass is 490 g/mol. The first-order chi connectivity index (χ1) is 15.5. The standard InChI is InChI=1S/C25H15BrO6/c1-29-21-4-2-3-15-11-22(32-24(15)21)19-13-23(27)31-20-10-9-17(12-18(19)20)30-25(28)14-5-7-16(26)8-6-14/h2-13H,1H3. The molecule has 6 nitrogen and oxygen atoms in total. The lowest BCUT2D eigenvalue weighted by Gasteiger charge is -2.07. The van der Waals surface area contributed by atoms with Crippen molar-refractivity contribution in [1.82, 2.24) is 0 Å². The Morgan fingerprint density at radius 1 is 0.938 bits per heavy atom. The number of benzene rings is 3. The van der Waals surface area contributed by atoms with Gasteiger partial charge in [-0.2, -0.15) is 0 Å². The summed E-state index contributed by atoms with van der Waals surface area (Å²) in [7, 11) is 1.57. The molecule has 5 rings (SSSR count). The van der Waals surface area contributed by atoms with Crippen molar-refractivity contribution in [3.63, 3.8) is 0 Å². The highest BCUT2D eigenvalue weighted by Gasteiger charge is 2.16. The lowest BCUT2D eigenvalue weighted by Crippen LogP contribution is -2.08. The molecule has 5 aromatic rings. The largest absolute Gasteiger partial charge is 0.493 e. The van der Waals surface area contributed by atoms with Gasteiger partial charge in [0.05, 0.1) is 12.7 Å². The molecule has 0 saturated carbocycles. The van der Waals surface area contributed by atoms with Gasteiger partial charge in [0.15, 0.2) is 11.3 Å². The SMILES string of the molecule is COc1cccc2cc(-c3cc(=O)oc4ccc(OC(=O)c5ccc(Br)cc5)cc34)oc12. The van der Waals surface area contributed by atoms with E-state index in [-0.39, 0.29) is 0 Å². The zero-order valence-corrected chi connectivity index (χ0v) is 18.3. The minimum Gasteiger partial charge on any atom is -0.493 e. The van der Waals surface area contributed by atoms with Gasteiger partial charge in [-0.15, -0.1) is 0 Å². The summed E-state index contributed by atoms with van der Waals surface area (Å²) >= 11 is 3.34. The highest BCUT2D eigenvalue weighted by atomic mass is 79.9. The van der Waals surface area contributed by atoms with E-state index in [1.807, 2.05) is 18.2 Å². The summed E-state index contributed by atoms with van der Waals surface area (Å²) in [5.74, 6) is 0.877. The number of furan rings is 1. The van der Waals surface area contributed by atoms with E-state index >= 15 is 0 Å². The van der Waals surface area contributed by atoms with Crippen molar-refractivity contribution < 1.29 is 23.1 Å². The van der Waals surface area contributed by atoms with Crippen molar-refractivity contribution in [3.05, 3.63) is 93.3 Å². The van der Waals surface area contributed by atoms with E-state index in [4.69, 9.17) is 18.3 Å². The van der Waals surface area contributed by atoms with E-state index in [0.29, 0.717) is 44.9 Å². The molecule has 32 heavy (non-hydrogen) atoms. The van der Waals surface area contributed by atoms with Gasteiger partial charge in [-0.25, -0.2) is 9.59 Å². The number of carbonyl (C=O) groups excluding carboxylic acids is 1. The summed E-state index contributed by atoms with van der Waals surface area (Å²) in [5, 5.41) is 1.40. The van der Waals surface area contributed by atoms with Crippen molar-refractivity contribution in [3.8, 4) is 22.8 Å². The molecule has 0 aliphatic heterocycles. The molecule has 0 N–H and O–H groups in total. The van der Waals surface area contributed by atoms with Crippen LogP contribution in [0.1, 0.15) is 10.4 Å². The van der Waals surface area contributed by atoms with Crippen LogP contribution in [0.4, 0.5) is 0 Å². The Bertz CT molecular complexity index is 1530. The maximum Gasteiger partial charge on any atom is 0.343 e. The van der Waals surface area contributed by atoms with Crippen LogP contribution in [0, 0.1) is 0 Å². The third-order valence-corrected chi connectivity index (χ3v) is 5.53. The molecule has 0 aliphatic carbocycles. The summed E-state index contributed by atoms with van der Waals surface area (Å²) in [5.41, 5.74) is 1.35. The molecule has 0 fully saturated rings. The first-order valence-corrected chi connectivity index (χ1v) is 10.4. The molecule has 3 aromatic carbocycles. The Morgan fingerprint density at radius 2 is 1.75 bits per heavy atom. The van der Waals surface area contributed by atoms with Crippen molar-refractivity contribution in [2.45, 2.75) is 0 Å². The quantitative estimate of drug-likeness (QED) is 0.169. The average Bonchev–Trinajstić information content (AvgIpc) is 3.23. The van der Waals surface area contributed by atoms with Crippen LogP contribution < -0.4 is 15.1 Å². The van der Waals surface area contributed by atoms with E-state index < -0.39 is 11.6 Å². The molecule has 2 aromatic heterocycles. The number of carbonyl (C=O) groups is 1. The van der Waals surface area contributed by atoms with E-state index in [1.54, 1.807) is 55.6 Å². The summed E-state index contributed by atoms with van der Waals surface area (Å²) in [4.78, 5) is 24.7. The second-order valence-electron chi connectivity index (χ2n) is 7.02. The summed E-state index contributed by atoms with van der Waals surface area (Å²) in [6.07, 6.45) is 0. The van der Waals surface area contributed by atoms with Crippen LogP contribution in [-0.4, -0.2) is 13.1 Å². The number of para-hydroxylation sites is 1. The van der Waals surface area contributed by atoms with Crippen LogP contribution in [0.25, 0.3) is 33.3 Å². The van der Waals surface area contributed by atoms with E-state index in [0.717, 1.165) is 9.86 Å². The Labute approximate surface area is 190 Å². The number of rotatable bonds is 4. The summed E-state index contributed by atoms with van der Waals surface area (Å²) in [6.45, 7) is 0. The maximum absolute atomic E-state index is 12.5. The van der Waals surface area contributed by atoms with Crippen LogP contribution in [0.3, 0.4) is 0 Å². The minimum atomic E-state index is -0.514. The Morgan fingerprint density at radius 3 is 2.53 bits per heavy atom. The van der Waals surface area contributed by atoms with Gasteiger partial charge in [0, 0.05) is 26.9 Å². The van der Waals surface area contributed by atoms with Gasteiger partial charge < -0.3 is 18.3 Å². The Kier molecular flexibility index (Phi) is 5.03. The first kappa shape index (κ1) is 20.1. The zero-order chi connectivity index (χ0) is 22.2. The second-order valence-corrected chi connectivity index (χ2v) is 7.94. The fourth-order valence-corrected chi connectivity index (χ4v) is 3.76. The Hall–Kier alpha value is -3.84. The molecule has 158 valence electrons. The lowest BCUT2D eigenvalue weighted by atomic mass is 10.1. The first-order valence-electron chi connectivity index (χ1n) is 9.64. The molecule has 0 aliphatic rings. The van der Waals surface area contributed by atoms with Gasteiger partial charge in [-0.05, 0) is 54.6 Å². The zero-order valence-electron chi connectivity index (χ0n) is 16.8. The molecule has 0 amide bonds. The van der Waals surface area contributed by atoms with Crippen LogP contribution in [0.5, 0.6) is 11.5 Å². The number of halogens is 1. The fraction of sp³-hybridized carbons (Fsp3) is 0.0400. The van der Waals surface area contributed by atoms with Gasteiger partial charge >= 0.3 is 11.6 Å². The number of hydrogen-bond acceptors (Lipinski definition) is 6. The van der Waals surface area contributed by atoms with Gasteiger partial charge in [0.2, 0.25) is 0 Å². The minimum absolute atomic E-state index is 0.314. The molecule has 0 atom stereocenters. The number of ether oxygens (including phenoxy) is 2. The smallest absolute Gasteiger partial charge is 0.343 e. The van der Waals surface area contributed by atoms with Crippen molar-refractivity contribution in [2.24, 2.45) is 0 Å². The molecular weight excluding hydrogens is 476 g/mol. The van der Waals surface area contributed by atoms with Crippen LogP contribution >= 0.6 is 15.9 Å². The molecule has 0 bridgehead atoms. The number of hydrogen-bond donors (Lipinski definition) is 0. The lowest BCUT2D eigenvalue weighted by molar-refractivity contribution is 0.0735. The van der Waals surface area contributed by atoms with Crippen molar-refractivity contribution in [1.29, 1.82) is 0 Å². The van der Waals surface area contributed by atoms with Gasteiger partial charge in [0.25, 0.3) is 0 Å². The highest BCUT2D eigenvalue weighted by molar-refractivity contribution is 9.10. The predicted octanol–water partition coefficient (Wildman–Crippen LogP) is 6.20. The molecule has 0 radical (unpaired) electrons. The van der Waals surface area contributed by atoms with Crippen LogP contribution in [0.15, 0.2) is 90.9 Å². The summed E-state index contributed by atoms with van der Waals surface area (Å²) < 4.78 is 23.1. The molecule has 7 heteroatoms. The topological polar surface area (TPSA) is 78.9 Å². The van der Waals surface area contributed by atoms with E-state index in [1.165, 1.54) is 6.07 Å². The molecule has 0 saturated heterocycles.